The Kier molecular flexibility index (Phi) is 5.62. The number of nitrogens with one attached hydrogen (secondary N) is 1. The number of methoxy groups -OCH3 is 1. The van der Waals surface area contributed by atoms with Crippen LogP contribution in [0.1, 0.15) is 28.2 Å². The monoisotopic (exact) mass is 388 g/mol. The van der Waals surface area contributed by atoms with E-state index < -0.39 is 11.8 Å². The van der Waals surface area contributed by atoms with Crippen molar-refractivity contribution in [3.05, 3.63) is 47.0 Å². The number of nitrogens with zero attached hydrogens (tertiary/aromatic N) is 3. The van der Waals surface area contributed by atoms with Crippen molar-refractivity contribution in [2.75, 3.05) is 19.0 Å². The Balaban J connectivity index is 1.74. The smallest absolute Gasteiger partial charge is 0.343 e. The number of rotatable bonds is 8. The molecule has 2 aromatic heterocycles. The number of anilines is 1. The fourth-order valence-corrected chi connectivity index (χ4v) is 2.94. The second-order valence-electron chi connectivity index (χ2n) is 6.32. The number of aryl methyl sites for hydroxylation is 3. The molecule has 3 rings (SSSR count). The van der Waals surface area contributed by atoms with Crippen LogP contribution in [0.2, 0.25) is 0 Å². The van der Waals surface area contributed by atoms with Crippen LogP contribution in [0.15, 0.2) is 28.8 Å². The fraction of sp³-hybridized carbons (Fsp3) is 0.316. The van der Waals surface area contributed by atoms with Crippen LogP contribution in [-0.4, -0.2) is 39.7 Å². The zero-order valence-corrected chi connectivity index (χ0v) is 15.8. The molecule has 28 heavy (non-hydrogen) atoms. The number of benzene rings is 1. The van der Waals surface area contributed by atoms with Crippen LogP contribution in [0.3, 0.4) is 0 Å². The minimum atomic E-state index is -1.19. The van der Waals surface area contributed by atoms with Crippen LogP contribution < -0.4 is 10.1 Å². The Morgan fingerprint density at radius 2 is 2.14 bits per heavy atom. The van der Waals surface area contributed by atoms with Crippen LogP contribution in [-0.2, 0) is 6.54 Å². The predicted octanol–water partition coefficient (Wildman–Crippen LogP) is 3.50. The summed E-state index contributed by atoms with van der Waals surface area (Å²) in [5.41, 5.74) is 2.27. The first kappa shape index (κ1) is 19.4. The standard InChI is InChI=1S/C19H21FN4O4/c1-11-9-12(2)24(22-11)8-4-7-21-18-16(19(25)26)17(28-23-18)13-5-6-14(20)15(10-13)27-3/h5-6,9-10H,4,7-8H2,1-3H3,(H,21,23)(H,25,26). The van der Waals surface area contributed by atoms with Crippen molar-refractivity contribution in [2.24, 2.45) is 0 Å². The summed E-state index contributed by atoms with van der Waals surface area (Å²) in [5, 5.41) is 20.8. The molecule has 0 saturated heterocycles. The van der Waals surface area contributed by atoms with E-state index in [1.165, 1.54) is 25.3 Å². The van der Waals surface area contributed by atoms with Gasteiger partial charge in [-0.05, 0) is 44.5 Å². The first-order valence-corrected chi connectivity index (χ1v) is 8.72. The summed E-state index contributed by atoms with van der Waals surface area (Å²) < 4.78 is 25.7. The van der Waals surface area contributed by atoms with Gasteiger partial charge in [-0.3, -0.25) is 4.68 Å². The van der Waals surface area contributed by atoms with Crippen LogP contribution in [0, 0.1) is 19.7 Å². The summed E-state index contributed by atoms with van der Waals surface area (Å²) >= 11 is 0. The van der Waals surface area contributed by atoms with Gasteiger partial charge in [-0.1, -0.05) is 5.16 Å². The van der Waals surface area contributed by atoms with Crippen LogP contribution in [0.25, 0.3) is 11.3 Å². The molecule has 0 unspecified atom stereocenters. The van der Waals surface area contributed by atoms with E-state index in [9.17, 15) is 14.3 Å². The molecule has 0 aliphatic carbocycles. The third-order valence-electron chi connectivity index (χ3n) is 4.26. The van der Waals surface area contributed by atoms with Gasteiger partial charge in [-0.25, -0.2) is 9.18 Å². The summed E-state index contributed by atoms with van der Waals surface area (Å²) in [6.07, 6.45) is 0.716. The summed E-state index contributed by atoms with van der Waals surface area (Å²) in [4.78, 5) is 11.7. The molecule has 0 fully saturated rings. The Morgan fingerprint density at radius 1 is 1.36 bits per heavy atom. The molecule has 8 nitrogen and oxygen atoms in total. The number of carbonyl (C=O) groups is 1. The average molecular weight is 388 g/mol. The van der Waals surface area contributed by atoms with Crippen molar-refractivity contribution >= 4 is 11.8 Å². The highest BCUT2D eigenvalue weighted by atomic mass is 19.1. The Bertz CT molecular complexity index is 996. The molecule has 1 aromatic carbocycles. The number of aromatic nitrogens is 3. The van der Waals surface area contributed by atoms with Crippen LogP contribution in [0.4, 0.5) is 10.2 Å². The fourth-order valence-electron chi connectivity index (χ4n) is 2.94. The number of aromatic carboxylic acids is 1. The van der Waals surface area contributed by atoms with E-state index in [0.717, 1.165) is 11.4 Å². The van der Waals surface area contributed by atoms with E-state index in [2.05, 4.69) is 15.6 Å². The third kappa shape index (κ3) is 3.98. The Morgan fingerprint density at radius 3 is 2.79 bits per heavy atom. The van der Waals surface area contributed by atoms with Gasteiger partial charge < -0.3 is 19.7 Å². The molecule has 2 heterocycles. The van der Waals surface area contributed by atoms with E-state index in [-0.39, 0.29) is 22.9 Å². The van der Waals surface area contributed by atoms with Gasteiger partial charge in [-0.2, -0.15) is 5.10 Å². The number of hydrogen-bond acceptors (Lipinski definition) is 6. The van der Waals surface area contributed by atoms with Gasteiger partial charge in [0.2, 0.25) is 0 Å². The van der Waals surface area contributed by atoms with Gasteiger partial charge in [0.1, 0.15) is 0 Å². The lowest BCUT2D eigenvalue weighted by atomic mass is 10.1. The first-order chi connectivity index (χ1) is 13.4. The average Bonchev–Trinajstić information content (AvgIpc) is 3.22. The molecule has 0 amide bonds. The van der Waals surface area contributed by atoms with Gasteiger partial charge in [0.25, 0.3) is 0 Å². The van der Waals surface area contributed by atoms with E-state index in [4.69, 9.17) is 9.26 Å². The molecular weight excluding hydrogens is 367 g/mol. The van der Waals surface area contributed by atoms with Crippen molar-refractivity contribution in [2.45, 2.75) is 26.8 Å². The minimum Gasteiger partial charge on any atom is -0.494 e. The highest BCUT2D eigenvalue weighted by molar-refractivity contribution is 5.99. The number of ether oxygens (including phenoxy) is 1. The normalized spacial score (nSPS) is 10.9. The zero-order chi connectivity index (χ0) is 20.3. The lowest BCUT2D eigenvalue weighted by Crippen LogP contribution is -2.11. The molecule has 0 atom stereocenters. The topological polar surface area (TPSA) is 102 Å². The van der Waals surface area contributed by atoms with E-state index >= 15 is 0 Å². The lowest BCUT2D eigenvalue weighted by Gasteiger charge is -2.06. The van der Waals surface area contributed by atoms with E-state index in [0.29, 0.717) is 25.1 Å². The van der Waals surface area contributed by atoms with Crippen LogP contribution in [0.5, 0.6) is 5.75 Å². The van der Waals surface area contributed by atoms with Crippen molar-refractivity contribution in [3.63, 3.8) is 0 Å². The van der Waals surface area contributed by atoms with Crippen molar-refractivity contribution in [1.29, 1.82) is 0 Å². The maximum Gasteiger partial charge on any atom is 0.343 e. The number of halogens is 1. The zero-order valence-electron chi connectivity index (χ0n) is 15.8. The first-order valence-electron chi connectivity index (χ1n) is 8.72. The van der Waals surface area contributed by atoms with Crippen molar-refractivity contribution in [3.8, 4) is 17.1 Å². The van der Waals surface area contributed by atoms with E-state index in [1.54, 1.807) is 0 Å². The Labute approximate surface area is 160 Å². The summed E-state index contributed by atoms with van der Waals surface area (Å²) in [7, 11) is 1.33. The SMILES string of the molecule is COc1cc(-c2onc(NCCCn3nc(C)cc3C)c2C(=O)O)ccc1F. The number of carboxylic acid groups (broad SMARTS) is 1. The molecule has 0 bridgehead atoms. The molecule has 9 heteroatoms. The Hall–Kier alpha value is -3.36. The minimum absolute atomic E-state index is 0.00960. The van der Waals surface area contributed by atoms with Gasteiger partial charge >= 0.3 is 5.97 Å². The molecule has 0 saturated carbocycles. The number of hydrogen-bond donors (Lipinski definition) is 2. The van der Waals surface area contributed by atoms with Crippen LogP contribution >= 0.6 is 0 Å². The largest absolute Gasteiger partial charge is 0.494 e. The second kappa shape index (κ2) is 8.12. The quantitative estimate of drug-likeness (QED) is 0.569. The van der Waals surface area contributed by atoms with E-state index in [1.807, 2.05) is 24.6 Å². The number of carboxylic acids is 1. The molecule has 0 aliphatic heterocycles. The molecule has 148 valence electrons. The van der Waals surface area contributed by atoms with Gasteiger partial charge in [0, 0.05) is 24.3 Å². The maximum atomic E-state index is 13.6. The molecule has 0 radical (unpaired) electrons. The predicted molar refractivity (Wildman–Crippen MR) is 100 cm³/mol. The van der Waals surface area contributed by atoms with Gasteiger partial charge in [-0.15, -0.1) is 0 Å². The lowest BCUT2D eigenvalue weighted by molar-refractivity contribution is 0.0698. The highest BCUT2D eigenvalue weighted by Gasteiger charge is 2.24. The molecule has 0 aliphatic rings. The van der Waals surface area contributed by atoms with Gasteiger partial charge in [0.15, 0.2) is 28.7 Å². The summed E-state index contributed by atoms with van der Waals surface area (Å²) in [5.74, 6) is -1.60. The summed E-state index contributed by atoms with van der Waals surface area (Å²) in [6, 6.07) is 5.97. The molecule has 0 spiro atoms. The van der Waals surface area contributed by atoms with Gasteiger partial charge in [0.05, 0.1) is 12.8 Å². The molecule has 2 N–H and O–H groups in total. The van der Waals surface area contributed by atoms with Crippen molar-refractivity contribution < 1.29 is 23.6 Å². The highest BCUT2D eigenvalue weighted by Crippen LogP contribution is 2.32. The second-order valence-corrected chi connectivity index (χ2v) is 6.32. The molecular formula is C19H21FN4O4. The summed E-state index contributed by atoms with van der Waals surface area (Å²) in [6.45, 7) is 5.09. The van der Waals surface area contributed by atoms with Crippen molar-refractivity contribution in [1.82, 2.24) is 14.9 Å². The molecule has 3 aromatic rings. The maximum absolute atomic E-state index is 13.6. The third-order valence-corrected chi connectivity index (χ3v) is 4.26.